The Morgan fingerprint density at radius 1 is 1.53 bits per heavy atom. The highest BCUT2D eigenvalue weighted by molar-refractivity contribution is 8.00. The fourth-order valence-corrected chi connectivity index (χ4v) is 2.93. The second kappa shape index (κ2) is 6.17. The number of benzene rings is 1. The average Bonchev–Trinajstić information content (AvgIpc) is 2.76. The van der Waals surface area contributed by atoms with E-state index in [4.69, 9.17) is 5.73 Å². The van der Waals surface area contributed by atoms with Crippen molar-refractivity contribution in [2.75, 3.05) is 16.8 Å². The molecule has 1 aromatic carbocycles. The molecule has 1 atom stereocenters. The summed E-state index contributed by atoms with van der Waals surface area (Å²) in [5.74, 6) is 1.20. The zero-order valence-corrected chi connectivity index (χ0v) is 11.4. The standard InChI is InChI=1S/C12H16N2OS.ClH/c1-8-4-5-9(13)7-10(8)14-12(15)11-3-2-6-16-11;/h4-5,7,11H,2-3,6,13H2,1H3,(H,14,15);1H. The Kier molecular flexibility index (Phi) is 5.15. The second-order valence-corrected chi connectivity index (χ2v) is 5.38. The van der Waals surface area contributed by atoms with Crippen molar-refractivity contribution < 1.29 is 4.79 Å². The summed E-state index contributed by atoms with van der Waals surface area (Å²) < 4.78 is 0. The molecule has 0 aromatic heterocycles. The summed E-state index contributed by atoms with van der Waals surface area (Å²) in [5, 5.41) is 3.07. The number of hydrogen-bond donors (Lipinski definition) is 2. The van der Waals surface area contributed by atoms with Crippen molar-refractivity contribution in [2.24, 2.45) is 0 Å². The minimum atomic E-state index is 0. The van der Waals surface area contributed by atoms with Gasteiger partial charge in [-0.25, -0.2) is 0 Å². The monoisotopic (exact) mass is 272 g/mol. The van der Waals surface area contributed by atoms with Crippen LogP contribution in [0.4, 0.5) is 11.4 Å². The number of nitrogen functional groups attached to an aromatic ring is 1. The quantitative estimate of drug-likeness (QED) is 0.814. The lowest BCUT2D eigenvalue weighted by molar-refractivity contribution is -0.115. The Bertz CT molecular complexity index is 405. The van der Waals surface area contributed by atoms with Gasteiger partial charge in [0.2, 0.25) is 5.91 Å². The first-order valence-corrected chi connectivity index (χ1v) is 6.50. The molecule has 0 bridgehead atoms. The van der Waals surface area contributed by atoms with E-state index in [0.717, 1.165) is 29.8 Å². The molecule has 1 aliphatic rings. The summed E-state index contributed by atoms with van der Waals surface area (Å²) in [6, 6.07) is 5.58. The third kappa shape index (κ3) is 3.54. The summed E-state index contributed by atoms with van der Waals surface area (Å²) in [7, 11) is 0. The molecule has 1 aliphatic heterocycles. The van der Waals surface area contributed by atoms with Gasteiger partial charge in [0.1, 0.15) is 0 Å². The molecule has 1 amide bonds. The molecule has 94 valence electrons. The number of hydrogen-bond acceptors (Lipinski definition) is 3. The van der Waals surface area contributed by atoms with Gasteiger partial charge in [-0.05, 0) is 43.2 Å². The number of nitrogens with one attached hydrogen (secondary N) is 1. The van der Waals surface area contributed by atoms with Gasteiger partial charge in [-0.3, -0.25) is 4.79 Å². The number of rotatable bonds is 2. The van der Waals surface area contributed by atoms with Gasteiger partial charge < -0.3 is 11.1 Å². The first-order chi connectivity index (χ1) is 7.66. The first kappa shape index (κ1) is 14.2. The third-order valence-corrected chi connectivity index (χ3v) is 4.12. The molecular formula is C12H17ClN2OS. The lowest BCUT2D eigenvalue weighted by Gasteiger charge is -2.12. The number of aryl methyl sites for hydroxylation is 1. The van der Waals surface area contributed by atoms with Crippen LogP contribution < -0.4 is 11.1 Å². The molecule has 1 saturated heterocycles. The van der Waals surface area contributed by atoms with Crippen LogP contribution in [0.5, 0.6) is 0 Å². The highest BCUT2D eigenvalue weighted by atomic mass is 35.5. The summed E-state index contributed by atoms with van der Waals surface area (Å²) in [4.78, 5) is 11.9. The molecular weight excluding hydrogens is 256 g/mol. The maximum Gasteiger partial charge on any atom is 0.237 e. The Labute approximate surface area is 112 Å². The predicted molar refractivity (Wildman–Crippen MR) is 76.9 cm³/mol. The van der Waals surface area contributed by atoms with Crippen LogP contribution in [0.3, 0.4) is 0 Å². The summed E-state index contributed by atoms with van der Waals surface area (Å²) in [6.07, 6.45) is 2.12. The molecule has 3 N–H and O–H groups in total. The highest BCUT2D eigenvalue weighted by Gasteiger charge is 2.23. The smallest absolute Gasteiger partial charge is 0.237 e. The largest absolute Gasteiger partial charge is 0.399 e. The lowest BCUT2D eigenvalue weighted by atomic mass is 10.1. The van der Waals surface area contributed by atoms with E-state index in [-0.39, 0.29) is 23.6 Å². The van der Waals surface area contributed by atoms with Crippen LogP contribution in [0.2, 0.25) is 0 Å². The lowest BCUT2D eigenvalue weighted by Crippen LogP contribution is -2.23. The van der Waals surface area contributed by atoms with Crippen LogP contribution in [0, 0.1) is 6.92 Å². The van der Waals surface area contributed by atoms with Gasteiger partial charge >= 0.3 is 0 Å². The van der Waals surface area contributed by atoms with E-state index < -0.39 is 0 Å². The van der Waals surface area contributed by atoms with Gasteiger partial charge in [-0.2, -0.15) is 0 Å². The maximum atomic E-state index is 11.9. The summed E-state index contributed by atoms with van der Waals surface area (Å²) >= 11 is 1.74. The van der Waals surface area contributed by atoms with E-state index in [2.05, 4.69) is 5.32 Å². The zero-order chi connectivity index (χ0) is 11.5. The van der Waals surface area contributed by atoms with E-state index in [1.165, 1.54) is 0 Å². The Hall–Kier alpha value is -0.870. The van der Waals surface area contributed by atoms with Gasteiger partial charge in [0.15, 0.2) is 0 Å². The molecule has 3 nitrogen and oxygen atoms in total. The van der Waals surface area contributed by atoms with E-state index in [1.807, 2.05) is 25.1 Å². The number of anilines is 2. The highest BCUT2D eigenvalue weighted by Crippen LogP contribution is 2.28. The molecule has 2 rings (SSSR count). The average molecular weight is 273 g/mol. The van der Waals surface area contributed by atoms with Crippen LogP contribution >= 0.6 is 24.2 Å². The van der Waals surface area contributed by atoms with Crippen molar-refractivity contribution in [1.82, 2.24) is 0 Å². The molecule has 17 heavy (non-hydrogen) atoms. The summed E-state index contributed by atoms with van der Waals surface area (Å²) in [6.45, 7) is 1.97. The minimum absolute atomic E-state index is 0. The molecule has 1 heterocycles. The molecule has 0 spiro atoms. The van der Waals surface area contributed by atoms with Crippen LogP contribution in [0.25, 0.3) is 0 Å². The van der Waals surface area contributed by atoms with Crippen molar-refractivity contribution in [3.8, 4) is 0 Å². The Morgan fingerprint density at radius 3 is 2.94 bits per heavy atom. The van der Waals surface area contributed by atoms with E-state index in [1.54, 1.807) is 11.8 Å². The van der Waals surface area contributed by atoms with E-state index in [0.29, 0.717) is 5.69 Å². The maximum absolute atomic E-state index is 11.9. The molecule has 1 fully saturated rings. The minimum Gasteiger partial charge on any atom is -0.399 e. The number of carbonyl (C=O) groups excluding carboxylic acids is 1. The fraction of sp³-hybridized carbons (Fsp3) is 0.417. The molecule has 1 unspecified atom stereocenters. The van der Waals surface area contributed by atoms with E-state index >= 15 is 0 Å². The Balaban J connectivity index is 0.00000144. The van der Waals surface area contributed by atoms with Gasteiger partial charge in [0.05, 0.1) is 5.25 Å². The fourth-order valence-electron chi connectivity index (χ4n) is 1.77. The van der Waals surface area contributed by atoms with Crippen LogP contribution in [0.15, 0.2) is 18.2 Å². The molecule has 1 aromatic rings. The molecule has 5 heteroatoms. The van der Waals surface area contributed by atoms with Gasteiger partial charge in [-0.1, -0.05) is 6.07 Å². The normalized spacial score (nSPS) is 18.5. The number of amides is 1. The van der Waals surface area contributed by atoms with Crippen LogP contribution in [-0.4, -0.2) is 16.9 Å². The van der Waals surface area contributed by atoms with E-state index in [9.17, 15) is 4.79 Å². The molecule has 0 saturated carbocycles. The zero-order valence-electron chi connectivity index (χ0n) is 9.73. The molecule has 0 radical (unpaired) electrons. The third-order valence-electron chi connectivity index (χ3n) is 2.74. The number of nitrogens with two attached hydrogens (primary N) is 1. The van der Waals surface area contributed by atoms with Crippen molar-refractivity contribution >= 4 is 41.5 Å². The van der Waals surface area contributed by atoms with Gasteiger partial charge in [0, 0.05) is 11.4 Å². The van der Waals surface area contributed by atoms with Gasteiger partial charge in [0.25, 0.3) is 0 Å². The summed E-state index contributed by atoms with van der Waals surface area (Å²) in [5.41, 5.74) is 8.26. The van der Waals surface area contributed by atoms with Crippen molar-refractivity contribution in [3.05, 3.63) is 23.8 Å². The van der Waals surface area contributed by atoms with Crippen LogP contribution in [0.1, 0.15) is 18.4 Å². The number of carbonyl (C=O) groups is 1. The van der Waals surface area contributed by atoms with Crippen molar-refractivity contribution in [2.45, 2.75) is 25.0 Å². The first-order valence-electron chi connectivity index (χ1n) is 5.45. The van der Waals surface area contributed by atoms with Crippen molar-refractivity contribution in [1.29, 1.82) is 0 Å². The Morgan fingerprint density at radius 2 is 2.29 bits per heavy atom. The predicted octanol–water partition coefficient (Wildman–Crippen LogP) is 2.83. The van der Waals surface area contributed by atoms with Crippen molar-refractivity contribution in [3.63, 3.8) is 0 Å². The SMILES string of the molecule is Cc1ccc(N)cc1NC(=O)C1CCCS1.Cl. The second-order valence-electron chi connectivity index (χ2n) is 4.07. The van der Waals surface area contributed by atoms with Crippen LogP contribution in [-0.2, 0) is 4.79 Å². The van der Waals surface area contributed by atoms with Gasteiger partial charge in [-0.15, -0.1) is 24.2 Å². The number of thioether (sulfide) groups is 1. The number of halogens is 1. The topological polar surface area (TPSA) is 55.1 Å². The molecule has 0 aliphatic carbocycles.